The molecule has 2 heterocycles. The number of hydrogen-bond acceptors (Lipinski definition) is 6. The molecule has 0 radical (unpaired) electrons. The van der Waals surface area contributed by atoms with Crippen LogP contribution in [0.15, 0.2) is 6.07 Å². The Hall–Kier alpha value is -1.69. The monoisotopic (exact) mass is 276 g/mol. The van der Waals surface area contributed by atoms with Crippen LogP contribution in [0.5, 0.6) is 0 Å². The standard InChI is InChI=1S/C14H20N4O2/c1-9-7-12(17-13(15-9)14(19)20-2)16-10-5-6-18(8-10)11-3-4-11/h7,10-11H,3-6,8H2,1-2H3,(H,15,16,17). The minimum absolute atomic E-state index is 0.118. The highest BCUT2D eigenvalue weighted by molar-refractivity contribution is 5.85. The lowest BCUT2D eigenvalue weighted by atomic mass is 10.2. The highest BCUT2D eigenvalue weighted by Crippen LogP contribution is 2.30. The summed E-state index contributed by atoms with van der Waals surface area (Å²) < 4.78 is 4.67. The predicted molar refractivity (Wildman–Crippen MR) is 74.7 cm³/mol. The second-order valence-electron chi connectivity index (χ2n) is 5.57. The molecule has 1 aromatic heterocycles. The van der Waals surface area contributed by atoms with Gasteiger partial charge in [0.1, 0.15) is 5.82 Å². The van der Waals surface area contributed by atoms with Gasteiger partial charge in [-0.25, -0.2) is 14.8 Å². The molecule has 0 spiro atoms. The molecule has 20 heavy (non-hydrogen) atoms. The Bertz CT molecular complexity index is 516. The first-order valence-electron chi connectivity index (χ1n) is 7.10. The highest BCUT2D eigenvalue weighted by Gasteiger charge is 2.34. The summed E-state index contributed by atoms with van der Waals surface area (Å²) in [7, 11) is 1.34. The average Bonchev–Trinajstić information content (AvgIpc) is 3.18. The number of anilines is 1. The van der Waals surface area contributed by atoms with Crippen molar-refractivity contribution in [2.75, 3.05) is 25.5 Å². The van der Waals surface area contributed by atoms with Crippen LogP contribution in [-0.2, 0) is 4.74 Å². The summed E-state index contributed by atoms with van der Waals surface area (Å²) in [6, 6.07) is 3.07. The smallest absolute Gasteiger partial charge is 0.376 e. The lowest BCUT2D eigenvalue weighted by Crippen LogP contribution is -2.28. The van der Waals surface area contributed by atoms with Crippen molar-refractivity contribution < 1.29 is 9.53 Å². The number of esters is 1. The number of carbonyl (C=O) groups is 1. The molecule has 6 nitrogen and oxygen atoms in total. The van der Waals surface area contributed by atoms with Crippen molar-refractivity contribution in [1.29, 1.82) is 0 Å². The van der Waals surface area contributed by atoms with E-state index in [0.717, 1.165) is 31.2 Å². The number of likely N-dealkylation sites (tertiary alicyclic amines) is 1. The quantitative estimate of drug-likeness (QED) is 0.834. The Morgan fingerprint density at radius 1 is 1.40 bits per heavy atom. The van der Waals surface area contributed by atoms with E-state index >= 15 is 0 Å². The van der Waals surface area contributed by atoms with Crippen LogP contribution >= 0.6 is 0 Å². The van der Waals surface area contributed by atoms with Crippen LogP contribution in [0.4, 0.5) is 5.82 Å². The van der Waals surface area contributed by atoms with E-state index in [1.165, 1.54) is 20.0 Å². The summed E-state index contributed by atoms with van der Waals surface area (Å²) in [6.45, 7) is 4.06. The van der Waals surface area contributed by atoms with Crippen molar-refractivity contribution in [3.05, 3.63) is 17.6 Å². The number of nitrogens with zero attached hydrogens (tertiary/aromatic N) is 3. The van der Waals surface area contributed by atoms with Crippen molar-refractivity contribution in [1.82, 2.24) is 14.9 Å². The first-order chi connectivity index (χ1) is 9.65. The molecule has 1 aliphatic carbocycles. The second kappa shape index (κ2) is 5.36. The molecule has 1 aliphatic heterocycles. The zero-order valence-electron chi connectivity index (χ0n) is 11.9. The predicted octanol–water partition coefficient (Wildman–Crippen LogP) is 1.22. The van der Waals surface area contributed by atoms with Crippen LogP contribution < -0.4 is 5.32 Å². The Balaban J connectivity index is 1.67. The van der Waals surface area contributed by atoms with Gasteiger partial charge in [-0.15, -0.1) is 0 Å². The summed E-state index contributed by atoms with van der Waals surface area (Å²) in [6.07, 6.45) is 3.80. The lowest BCUT2D eigenvalue weighted by molar-refractivity contribution is 0.0586. The van der Waals surface area contributed by atoms with Gasteiger partial charge in [-0.05, 0) is 26.2 Å². The van der Waals surface area contributed by atoms with Crippen molar-refractivity contribution in [2.45, 2.75) is 38.3 Å². The maximum absolute atomic E-state index is 11.5. The third kappa shape index (κ3) is 2.90. The number of aromatic nitrogens is 2. The Labute approximate surface area is 118 Å². The molecule has 0 aromatic carbocycles. The maximum Gasteiger partial charge on any atom is 0.376 e. The molecule has 1 N–H and O–H groups in total. The number of hydrogen-bond donors (Lipinski definition) is 1. The van der Waals surface area contributed by atoms with Crippen LogP contribution in [0.2, 0.25) is 0 Å². The largest absolute Gasteiger partial charge is 0.463 e. The number of carbonyl (C=O) groups excluding carboxylic acids is 1. The maximum atomic E-state index is 11.5. The number of methoxy groups -OCH3 is 1. The summed E-state index contributed by atoms with van der Waals surface area (Å²) in [5.74, 6) is 0.329. The zero-order chi connectivity index (χ0) is 14.1. The average molecular weight is 276 g/mol. The fraction of sp³-hybridized carbons (Fsp3) is 0.643. The minimum Gasteiger partial charge on any atom is -0.463 e. The van der Waals surface area contributed by atoms with Gasteiger partial charge in [-0.3, -0.25) is 4.90 Å². The Morgan fingerprint density at radius 3 is 2.90 bits per heavy atom. The van der Waals surface area contributed by atoms with Gasteiger partial charge in [0, 0.05) is 36.9 Å². The fourth-order valence-electron chi connectivity index (χ4n) is 2.71. The van der Waals surface area contributed by atoms with Gasteiger partial charge in [0.25, 0.3) is 0 Å². The van der Waals surface area contributed by atoms with E-state index in [-0.39, 0.29) is 5.82 Å². The molecule has 1 saturated carbocycles. The summed E-state index contributed by atoms with van der Waals surface area (Å²) in [5, 5.41) is 3.41. The number of rotatable bonds is 4. The molecule has 2 fully saturated rings. The van der Waals surface area contributed by atoms with E-state index < -0.39 is 5.97 Å². The van der Waals surface area contributed by atoms with Crippen LogP contribution in [-0.4, -0.2) is 53.1 Å². The molecular formula is C14H20N4O2. The third-order valence-corrected chi connectivity index (χ3v) is 3.86. The Morgan fingerprint density at radius 2 is 2.20 bits per heavy atom. The van der Waals surface area contributed by atoms with E-state index in [9.17, 15) is 4.79 Å². The van der Waals surface area contributed by atoms with Crippen LogP contribution in [0.25, 0.3) is 0 Å². The Kier molecular flexibility index (Phi) is 3.56. The molecule has 1 saturated heterocycles. The van der Waals surface area contributed by atoms with Crippen molar-refractivity contribution in [3.8, 4) is 0 Å². The van der Waals surface area contributed by atoms with E-state index in [2.05, 4.69) is 24.9 Å². The van der Waals surface area contributed by atoms with Gasteiger partial charge in [-0.1, -0.05) is 0 Å². The normalized spacial score (nSPS) is 22.8. The number of aryl methyl sites for hydroxylation is 1. The topological polar surface area (TPSA) is 67.3 Å². The van der Waals surface area contributed by atoms with Gasteiger partial charge in [-0.2, -0.15) is 0 Å². The number of nitrogens with one attached hydrogen (secondary N) is 1. The molecule has 108 valence electrons. The van der Waals surface area contributed by atoms with Gasteiger partial charge in [0.15, 0.2) is 0 Å². The van der Waals surface area contributed by atoms with Crippen LogP contribution in [0.1, 0.15) is 35.6 Å². The molecule has 6 heteroatoms. The SMILES string of the molecule is COC(=O)c1nc(C)cc(NC2CCN(C3CC3)C2)n1. The molecule has 1 aromatic rings. The zero-order valence-corrected chi connectivity index (χ0v) is 11.9. The van der Waals surface area contributed by atoms with Gasteiger partial charge in [0.2, 0.25) is 5.82 Å². The summed E-state index contributed by atoms with van der Waals surface area (Å²) in [5.41, 5.74) is 0.764. The second-order valence-corrected chi connectivity index (χ2v) is 5.57. The highest BCUT2D eigenvalue weighted by atomic mass is 16.5. The first-order valence-corrected chi connectivity index (χ1v) is 7.10. The van der Waals surface area contributed by atoms with Crippen LogP contribution in [0, 0.1) is 6.92 Å². The van der Waals surface area contributed by atoms with E-state index in [4.69, 9.17) is 0 Å². The van der Waals surface area contributed by atoms with Gasteiger partial charge < -0.3 is 10.1 Å². The van der Waals surface area contributed by atoms with Crippen molar-refractivity contribution >= 4 is 11.8 Å². The third-order valence-electron chi connectivity index (χ3n) is 3.86. The van der Waals surface area contributed by atoms with E-state index in [1.54, 1.807) is 0 Å². The fourth-order valence-corrected chi connectivity index (χ4v) is 2.71. The molecule has 1 unspecified atom stereocenters. The van der Waals surface area contributed by atoms with Gasteiger partial charge in [0.05, 0.1) is 7.11 Å². The van der Waals surface area contributed by atoms with Crippen LogP contribution in [0.3, 0.4) is 0 Å². The summed E-state index contributed by atoms with van der Waals surface area (Å²) >= 11 is 0. The van der Waals surface area contributed by atoms with Crippen molar-refractivity contribution in [3.63, 3.8) is 0 Å². The molecular weight excluding hydrogens is 256 g/mol. The molecule has 2 aliphatic rings. The van der Waals surface area contributed by atoms with E-state index in [1.807, 2.05) is 13.0 Å². The molecule has 3 rings (SSSR count). The van der Waals surface area contributed by atoms with E-state index in [0.29, 0.717) is 11.9 Å². The summed E-state index contributed by atoms with van der Waals surface area (Å²) in [4.78, 5) is 22.4. The minimum atomic E-state index is -0.497. The van der Waals surface area contributed by atoms with Gasteiger partial charge >= 0.3 is 5.97 Å². The number of ether oxygens (including phenoxy) is 1. The lowest BCUT2D eigenvalue weighted by Gasteiger charge is -2.16. The first kappa shape index (κ1) is 13.3. The molecule has 0 amide bonds. The van der Waals surface area contributed by atoms with Crippen molar-refractivity contribution in [2.24, 2.45) is 0 Å². The molecule has 0 bridgehead atoms. The molecule has 1 atom stereocenters.